The molecule has 2 N–H and O–H groups in total. The first-order valence-corrected chi connectivity index (χ1v) is 11.2. The van der Waals surface area contributed by atoms with Crippen LogP contribution in [-0.4, -0.2) is 25.4 Å². The van der Waals surface area contributed by atoms with Gasteiger partial charge in [0.25, 0.3) is 11.1 Å². The number of amides is 1. The van der Waals surface area contributed by atoms with Crippen LogP contribution < -0.4 is 16.4 Å². The maximum Gasteiger partial charge on any atom is 0.262 e. The van der Waals surface area contributed by atoms with Gasteiger partial charge in [-0.05, 0) is 30.7 Å². The third kappa shape index (κ3) is 4.06. The van der Waals surface area contributed by atoms with Gasteiger partial charge in [0.05, 0.1) is 28.9 Å². The number of benzene rings is 2. The lowest BCUT2D eigenvalue weighted by atomic mass is 10.1. The number of carbonyl (C=O) groups excluding carboxylic acids is 1. The number of thiophene rings is 1. The molecular weight excluding hydrogens is 438 g/mol. The van der Waals surface area contributed by atoms with Gasteiger partial charge in [-0.15, -0.1) is 11.3 Å². The molecule has 0 atom stereocenters. The highest BCUT2D eigenvalue weighted by atomic mass is 32.1. The van der Waals surface area contributed by atoms with E-state index in [2.05, 4.69) is 20.3 Å². The highest BCUT2D eigenvalue weighted by Gasteiger charge is 2.14. The van der Waals surface area contributed by atoms with Crippen molar-refractivity contribution in [1.29, 1.82) is 0 Å². The fourth-order valence-corrected chi connectivity index (χ4v) is 4.57. The molecule has 0 aliphatic rings. The molecule has 5 aromatic rings. The first kappa shape index (κ1) is 20.8. The highest BCUT2D eigenvalue weighted by Crippen LogP contribution is 2.30. The maximum absolute atomic E-state index is 13.2. The van der Waals surface area contributed by atoms with E-state index in [0.717, 1.165) is 16.7 Å². The van der Waals surface area contributed by atoms with Crippen LogP contribution in [0.3, 0.4) is 0 Å². The number of hydrogen-bond donors (Lipinski definition) is 2. The molecule has 0 radical (unpaired) electrons. The van der Waals surface area contributed by atoms with Crippen LogP contribution in [0.4, 0.5) is 5.69 Å². The zero-order valence-electron chi connectivity index (χ0n) is 17.7. The lowest BCUT2D eigenvalue weighted by Crippen LogP contribution is -2.23. The molecule has 0 aliphatic carbocycles. The van der Waals surface area contributed by atoms with Crippen LogP contribution in [0.15, 0.2) is 70.1 Å². The second kappa shape index (κ2) is 8.44. The minimum absolute atomic E-state index is 0.0819. The molecule has 3 heterocycles. The molecular formula is C24H19N5O3S. The van der Waals surface area contributed by atoms with Gasteiger partial charge in [-0.1, -0.05) is 29.8 Å². The number of rotatable bonds is 5. The summed E-state index contributed by atoms with van der Waals surface area (Å²) in [5.74, 6) is -0.272. The SMILES string of the molecule is Cc1ccc(-c2csc3ncn(CCC(=O)Nc4ccc5nc[nH]c(=O)c5c4)c(=O)c23)cc1. The summed E-state index contributed by atoms with van der Waals surface area (Å²) >= 11 is 1.43. The second-order valence-corrected chi connectivity index (χ2v) is 8.56. The van der Waals surface area contributed by atoms with Gasteiger partial charge in [0.2, 0.25) is 5.91 Å². The number of nitrogens with zero attached hydrogens (tertiary/aromatic N) is 3. The van der Waals surface area contributed by atoms with Gasteiger partial charge >= 0.3 is 0 Å². The van der Waals surface area contributed by atoms with Crippen LogP contribution in [-0.2, 0) is 11.3 Å². The number of aromatic nitrogens is 4. The zero-order valence-corrected chi connectivity index (χ0v) is 18.5. The molecule has 0 aliphatic heterocycles. The Bertz CT molecular complexity index is 1620. The van der Waals surface area contributed by atoms with E-state index in [1.807, 2.05) is 36.6 Å². The Hall–Kier alpha value is -4.11. The topological polar surface area (TPSA) is 110 Å². The van der Waals surface area contributed by atoms with Crippen LogP contribution in [0.1, 0.15) is 12.0 Å². The normalized spacial score (nSPS) is 11.2. The average molecular weight is 458 g/mol. The van der Waals surface area contributed by atoms with E-state index in [9.17, 15) is 14.4 Å². The molecule has 2 aromatic carbocycles. The number of nitrogens with one attached hydrogen (secondary N) is 2. The molecule has 164 valence electrons. The Labute approximate surface area is 191 Å². The molecule has 5 rings (SSSR count). The van der Waals surface area contributed by atoms with Crippen molar-refractivity contribution in [3.8, 4) is 11.1 Å². The summed E-state index contributed by atoms with van der Waals surface area (Å²) in [4.78, 5) is 49.3. The van der Waals surface area contributed by atoms with Gasteiger partial charge in [-0.2, -0.15) is 0 Å². The third-order valence-corrected chi connectivity index (χ3v) is 6.31. The van der Waals surface area contributed by atoms with Crippen LogP contribution in [0, 0.1) is 6.92 Å². The molecule has 9 heteroatoms. The molecule has 8 nitrogen and oxygen atoms in total. The quantitative estimate of drug-likeness (QED) is 0.418. The van der Waals surface area contributed by atoms with Crippen LogP contribution in [0.2, 0.25) is 0 Å². The summed E-state index contributed by atoms with van der Waals surface area (Å²) in [5.41, 5.74) is 3.54. The lowest BCUT2D eigenvalue weighted by molar-refractivity contribution is -0.116. The standard InChI is InChI=1S/C24H19N5O3S/c1-14-2-4-15(5-3-14)18-11-33-23-21(18)24(32)29(13-27-23)9-8-20(30)28-16-6-7-19-17(10-16)22(31)26-12-25-19/h2-7,10-13H,8-9H2,1H3,(H,28,30)(H,25,26,31). The van der Waals surface area contributed by atoms with Crippen molar-refractivity contribution in [3.05, 3.63) is 86.8 Å². The van der Waals surface area contributed by atoms with Crippen molar-refractivity contribution in [1.82, 2.24) is 19.5 Å². The Morgan fingerprint density at radius 1 is 1.12 bits per heavy atom. The molecule has 0 saturated heterocycles. The summed E-state index contributed by atoms with van der Waals surface area (Å²) in [6.07, 6.45) is 2.90. The average Bonchev–Trinajstić information content (AvgIpc) is 3.25. The van der Waals surface area contributed by atoms with Gasteiger partial charge < -0.3 is 10.3 Å². The van der Waals surface area contributed by atoms with Crippen molar-refractivity contribution in [2.75, 3.05) is 5.32 Å². The summed E-state index contributed by atoms with van der Waals surface area (Å²) in [5, 5.41) is 5.67. The van der Waals surface area contributed by atoms with E-state index in [1.165, 1.54) is 28.6 Å². The number of H-pyrrole nitrogens is 1. The van der Waals surface area contributed by atoms with Gasteiger partial charge in [-0.3, -0.25) is 19.0 Å². The summed E-state index contributed by atoms with van der Waals surface area (Å²) in [7, 11) is 0. The second-order valence-electron chi connectivity index (χ2n) is 7.70. The summed E-state index contributed by atoms with van der Waals surface area (Å²) in [6.45, 7) is 2.20. The van der Waals surface area contributed by atoms with E-state index in [4.69, 9.17) is 0 Å². The Morgan fingerprint density at radius 3 is 2.76 bits per heavy atom. The van der Waals surface area contributed by atoms with E-state index < -0.39 is 0 Å². The van der Waals surface area contributed by atoms with Crippen molar-refractivity contribution < 1.29 is 4.79 Å². The molecule has 33 heavy (non-hydrogen) atoms. The van der Waals surface area contributed by atoms with Gasteiger partial charge in [-0.25, -0.2) is 9.97 Å². The molecule has 0 saturated carbocycles. The van der Waals surface area contributed by atoms with Crippen LogP contribution in [0.25, 0.3) is 32.2 Å². The van der Waals surface area contributed by atoms with Gasteiger partial charge in [0.15, 0.2) is 0 Å². The smallest absolute Gasteiger partial charge is 0.262 e. The number of aryl methyl sites for hydroxylation is 2. The van der Waals surface area contributed by atoms with E-state index >= 15 is 0 Å². The molecule has 0 unspecified atom stereocenters. The Balaban J connectivity index is 1.36. The molecule has 0 bridgehead atoms. The predicted octanol–water partition coefficient (Wildman–Crippen LogP) is 3.70. The molecule has 3 aromatic heterocycles. The van der Waals surface area contributed by atoms with Crippen molar-refractivity contribution in [2.45, 2.75) is 19.9 Å². The van der Waals surface area contributed by atoms with Crippen LogP contribution in [0.5, 0.6) is 0 Å². The fourth-order valence-electron chi connectivity index (χ4n) is 3.66. The highest BCUT2D eigenvalue weighted by molar-refractivity contribution is 7.17. The number of carbonyl (C=O) groups is 1. The minimum atomic E-state index is -0.276. The number of hydrogen-bond acceptors (Lipinski definition) is 6. The van der Waals surface area contributed by atoms with Crippen LogP contribution >= 0.6 is 11.3 Å². The molecule has 1 amide bonds. The van der Waals surface area contributed by atoms with Gasteiger partial charge in [0.1, 0.15) is 4.83 Å². The molecule has 0 spiro atoms. The van der Waals surface area contributed by atoms with Crippen molar-refractivity contribution in [3.63, 3.8) is 0 Å². The van der Waals surface area contributed by atoms with Crippen molar-refractivity contribution in [2.24, 2.45) is 0 Å². The largest absolute Gasteiger partial charge is 0.326 e. The van der Waals surface area contributed by atoms with E-state index in [1.54, 1.807) is 18.2 Å². The number of aromatic amines is 1. The zero-order chi connectivity index (χ0) is 22.9. The summed E-state index contributed by atoms with van der Waals surface area (Å²) in [6, 6.07) is 12.9. The minimum Gasteiger partial charge on any atom is -0.326 e. The third-order valence-electron chi connectivity index (χ3n) is 5.43. The maximum atomic E-state index is 13.2. The summed E-state index contributed by atoms with van der Waals surface area (Å²) < 4.78 is 1.46. The van der Waals surface area contributed by atoms with Crippen molar-refractivity contribution >= 4 is 44.1 Å². The predicted molar refractivity (Wildman–Crippen MR) is 130 cm³/mol. The Morgan fingerprint density at radius 2 is 1.94 bits per heavy atom. The monoisotopic (exact) mass is 457 g/mol. The lowest BCUT2D eigenvalue weighted by Gasteiger charge is -2.08. The molecule has 0 fully saturated rings. The Kier molecular flexibility index (Phi) is 5.31. The first-order chi connectivity index (χ1) is 16.0. The number of fused-ring (bicyclic) bond motifs is 2. The fraction of sp³-hybridized carbons (Fsp3) is 0.125. The van der Waals surface area contributed by atoms with E-state index in [0.29, 0.717) is 26.8 Å². The van der Waals surface area contributed by atoms with Gasteiger partial charge in [0, 0.05) is 29.6 Å². The number of anilines is 1. The first-order valence-electron chi connectivity index (χ1n) is 10.3. The van der Waals surface area contributed by atoms with E-state index in [-0.39, 0.29) is 30.0 Å².